The van der Waals surface area contributed by atoms with Gasteiger partial charge in [0.1, 0.15) is 11.3 Å². The molecule has 2 heterocycles. The molecular weight excluding hydrogens is 441 g/mol. The third-order valence-corrected chi connectivity index (χ3v) is 4.60. The van der Waals surface area contributed by atoms with Gasteiger partial charge in [-0.1, -0.05) is 23.7 Å². The largest absolute Gasteiger partial charge is 0.483 e. The maximum Gasteiger partial charge on any atom is 0.290 e. The van der Waals surface area contributed by atoms with Crippen LogP contribution in [0.2, 0.25) is 5.02 Å². The lowest BCUT2D eigenvalue weighted by atomic mass is 10.1. The smallest absolute Gasteiger partial charge is 0.290 e. The number of fused-ring (bicyclic) bond motifs is 3. The predicted octanol–water partition coefficient (Wildman–Crippen LogP) is 3.45. The van der Waals surface area contributed by atoms with Crippen molar-refractivity contribution in [2.75, 3.05) is 17.2 Å². The third-order valence-electron chi connectivity index (χ3n) is 4.31. The van der Waals surface area contributed by atoms with Crippen molar-refractivity contribution in [2.45, 2.75) is 13.2 Å². The van der Waals surface area contributed by atoms with Crippen LogP contribution in [0.5, 0.6) is 0 Å². The molecule has 2 aromatic heterocycles. The number of anilines is 3. The van der Waals surface area contributed by atoms with Gasteiger partial charge in [-0.15, -0.1) is 0 Å². The van der Waals surface area contributed by atoms with E-state index in [1.54, 1.807) is 12.3 Å². The summed E-state index contributed by atoms with van der Waals surface area (Å²) >= 11 is 5.89. The van der Waals surface area contributed by atoms with Crippen molar-refractivity contribution in [2.24, 2.45) is 0 Å². The summed E-state index contributed by atoms with van der Waals surface area (Å²) in [6.07, 6.45) is 0.113. The minimum Gasteiger partial charge on any atom is -0.483 e. The highest BCUT2D eigenvalue weighted by Gasteiger charge is 2.13. The van der Waals surface area contributed by atoms with Gasteiger partial charge >= 0.3 is 0 Å². The molecule has 166 valence electrons. The zero-order valence-electron chi connectivity index (χ0n) is 16.8. The van der Waals surface area contributed by atoms with E-state index >= 15 is 0 Å². The zero-order chi connectivity index (χ0) is 23.3. The minimum atomic E-state index is -1.54. The Hall–Kier alpha value is -3.60. The Labute approximate surface area is 186 Å². The molecule has 5 N–H and O–H groups in total. The Morgan fingerprint density at radius 1 is 1.16 bits per heavy atom. The first kappa shape index (κ1) is 23.1. The number of carbonyl (C=O) groups is 1. The highest BCUT2D eigenvalue weighted by Crippen LogP contribution is 2.31. The van der Waals surface area contributed by atoms with Crippen LogP contribution in [0.15, 0.2) is 42.6 Å². The number of aromatic nitrogens is 3. The van der Waals surface area contributed by atoms with Gasteiger partial charge in [-0.3, -0.25) is 4.79 Å². The predicted molar refractivity (Wildman–Crippen MR) is 120 cm³/mol. The van der Waals surface area contributed by atoms with Crippen molar-refractivity contribution in [3.63, 3.8) is 0 Å². The van der Waals surface area contributed by atoms with Crippen molar-refractivity contribution < 1.29 is 24.5 Å². The summed E-state index contributed by atoms with van der Waals surface area (Å²) in [5.74, 6) is 0.148. The molecule has 0 amide bonds. The van der Waals surface area contributed by atoms with E-state index in [4.69, 9.17) is 31.7 Å². The summed E-state index contributed by atoms with van der Waals surface area (Å²) < 4.78 is 13.5. The van der Waals surface area contributed by atoms with Gasteiger partial charge in [0.25, 0.3) is 6.47 Å². The summed E-state index contributed by atoms with van der Waals surface area (Å²) in [6.45, 7) is 1.60. The van der Waals surface area contributed by atoms with Gasteiger partial charge < -0.3 is 26.0 Å². The summed E-state index contributed by atoms with van der Waals surface area (Å²) in [4.78, 5) is 21.8. The van der Waals surface area contributed by atoms with Crippen LogP contribution in [0.3, 0.4) is 0 Å². The second kappa shape index (κ2) is 10.1. The number of aliphatic hydroxyl groups excluding tert-OH is 1. The van der Waals surface area contributed by atoms with Crippen molar-refractivity contribution in [3.8, 4) is 0 Å². The van der Waals surface area contributed by atoms with Gasteiger partial charge in [0.15, 0.2) is 12.1 Å². The molecule has 0 unspecified atom stereocenters. The number of carboxylic acid groups (broad SMARTS) is 1. The van der Waals surface area contributed by atoms with Crippen molar-refractivity contribution >= 4 is 57.3 Å². The van der Waals surface area contributed by atoms with Crippen molar-refractivity contribution in [1.29, 1.82) is 0 Å². The Balaban J connectivity index is 0.000000913. The van der Waals surface area contributed by atoms with Gasteiger partial charge in [-0.05, 0) is 36.8 Å². The van der Waals surface area contributed by atoms with Gasteiger partial charge in [0.05, 0.1) is 17.1 Å². The molecule has 0 saturated heterocycles. The van der Waals surface area contributed by atoms with Gasteiger partial charge in [0.2, 0.25) is 5.95 Å². The molecule has 0 aliphatic rings. The monoisotopic (exact) mass is 459 g/mol. The summed E-state index contributed by atoms with van der Waals surface area (Å²) in [7, 11) is 0. The lowest BCUT2D eigenvalue weighted by molar-refractivity contribution is -0.122. The van der Waals surface area contributed by atoms with E-state index in [1.165, 1.54) is 12.1 Å². The fourth-order valence-corrected chi connectivity index (χ4v) is 3.14. The first-order valence-corrected chi connectivity index (χ1v) is 9.67. The molecule has 4 rings (SSSR count). The molecule has 0 radical (unpaired) electrons. The van der Waals surface area contributed by atoms with Crippen LogP contribution < -0.4 is 10.6 Å². The number of hydrogen-bond donors (Lipinski definition) is 5. The quantitative estimate of drug-likeness (QED) is 0.172. The van der Waals surface area contributed by atoms with Crippen LogP contribution in [0, 0.1) is 12.7 Å². The lowest BCUT2D eigenvalue weighted by Crippen LogP contribution is -2.19. The first-order chi connectivity index (χ1) is 15.3. The molecule has 0 aliphatic heterocycles. The number of aryl methyl sites for hydroxylation is 1. The summed E-state index contributed by atoms with van der Waals surface area (Å²) in [5, 5.41) is 32.5. The van der Waals surface area contributed by atoms with Gasteiger partial charge in [-0.25, -0.2) is 19.3 Å². The number of pyridine rings is 1. The number of aliphatic hydroxyl groups is 2. The van der Waals surface area contributed by atoms with Crippen LogP contribution in [0.25, 0.3) is 21.8 Å². The summed E-state index contributed by atoms with van der Waals surface area (Å²) in [5.41, 5.74) is 2.88. The summed E-state index contributed by atoms with van der Waals surface area (Å²) in [6, 6.07) is 10.2. The highest BCUT2D eigenvalue weighted by atomic mass is 35.5. The fraction of sp³-hybridized carbons (Fsp3) is 0.143. The van der Waals surface area contributed by atoms with Crippen LogP contribution in [-0.2, 0) is 4.79 Å². The van der Waals surface area contributed by atoms with Crippen molar-refractivity contribution in [1.82, 2.24) is 15.0 Å². The standard InChI is InChI=1S/C20H17ClFN5O2.CH2O2/c1-10-2-4-12-13-8-23-20(24-9-17(28)29)27-18(13)19(26-16(12)6-10)25-11-3-5-15(22)14(21)7-11;2-1-3/h2-8,17,28-29H,9H2,1H3,(H,25,26)(H,23,24,27);1H,(H,2,3). The number of nitrogens with one attached hydrogen (secondary N) is 2. The Morgan fingerprint density at radius 3 is 2.59 bits per heavy atom. The van der Waals surface area contributed by atoms with E-state index in [0.717, 1.165) is 21.9 Å². The number of rotatable bonds is 5. The average molecular weight is 460 g/mol. The maximum atomic E-state index is 13.5. The Kier molecular flexibility index (Phi) is 7.31. The molecule has 0 bridgehead atoms. The van der Waals surface area contributed by atoms with Crippen LogP contribution in [0.4, 0.5) is 21.8 Å². The lowest BCUT2D eigenvalue weighted by Gasteiger charge is -2.13. The van der Waals surface area contributed by atoms with Crippen molar-refractivity contribution in [3.05, 3.63) is 59.0 Å². The van der Waals surface area contributed by atoms with Crippen LogP contribution in [-0.4, -0.2) is 49.6 Å². The topological polar surface area (TPSA) is 140 Å². The fourth-order valence-electron chi connectivity index (χ4n) is 2.96. The second-order valence-electron chi connectivity index (χ2n) is 6.66. The molecule has 0 fully saturated rings. The number of benzene rings is 2. The molecule has 0 spiro atoms. The zero-order valence-corrected chi connectivity index (χ0v) is 17.5. The van der Waals surface area contributed by atoms with Crippen LogP contribution in [0.1, 0.15) is 5.56 Å². The molecule has 11 heteroatoms. The highest BCUT2D eigenvalue weighted by molar-refractivity contribution is 6.31. The molecule has 0 saturated carbocycles. The number of nitrogens with zero attached hydrogens (tertiary/aromatic N) is 3. The van der Waals surface area contributed by atoms with E-state index in [9.17, 15) is 4.39 Å². The molecule has 9 nitrogen and oxygen atoms in total. The maximum absolute atomic E-state index is 13.5. The Morgan fingerprint density at radius 2 is 1.91 bits per heavy atom. The molecule has 32 heavy (non-hydrogen) atoms. The number of hydrogen-bond acceptors (Lipinski definition) is 8. The van der Waals surface area contributed by atoms with E-state index in [1.807, 2.05) is 25.1 Å². The van der Waals surface area contributed by atoms with E-state index < -0.39 is 12.1 Å². The molecule has 2 aromatic carbocycles. The van der Waals surface area contributed by atoms with Gasteiger partial charge in [-0.2, -0.15) is 0 Å². The van der Waals surface area contributed by atoms with Gasteiger partial charge in [0, 0.05) is 22.7 Å². The molecule has 0 aliphatic carbocycles. The van der Waals surface area contributed by atoms with E-state index in [0.29, 0.717) is 17.0 Å². The number of halogens is 2. The Bertz CT molecular complexity index is 1270. The van der Waals surface area contributed by atoms with Crippen LogP contribution >= 0.6 is 11.6 Å². The third kappa shape index (κ3) is 5.35. The normalized spacial score (nSPS) is 10.7. The molecule has 0 atom stereocenters. The SMILES string of the molecule is Cc1ccc2c(c1)nc(Nc1ccc(F)c(Cl)c1)c1nc(NCC(O)O)ncc12.O=CO. The van der Waals surface area contributed by atoms with E-state index in [2.05, 4.69) is 25.6 Å². The minimum absolute atomic E-state index is 0.00939. The molecular formula is C21H19ClFN5O4. The van der Waals surface area contributed by atoms with E-state index in [-0.39, 0.29) is 24.0 Å². The second-order valence-corrected chi connectivity index (χ2v) is 7.06. The average Bonchev–Trinajstić information content (AvgIpc) is 2.75. The first-order valence-electron chi connectivity index (χ1n) is 9.29. The molecule has 4 aromatic rings.